The van der Waals surface area contributed by atoms with Gasteiger partial charge in [-0.1, -0.05) is 0 Å². The molecule has 20 heavy (non-hydrogen) atoms. The number of nitrogens with two attached hydrogens (primary N) is 2. The molecule has 1 aromatic carbocycles. The number of ether oxygens (including phenoxy) is 1. The summed E-state index contributed by atoms with van der Waals surface area (Å²) in [6.45, 7) is 0. The number of hydrogen-bond acceptors (Lipinski definition) is 4. The molecule has 110 valence electrons. The molecule has 0 amide bonds. The van der Waals surface area contributed by atoms with Crippen molar-refractivity contribution >= 4 is 12.2 Å². The van der Waals surface area contributed by atoms with E-state index >= 15 is 0 Å². The van der Waals surface area contributed by atoms with Gasteiger partial charge in [-0.2, -0.15) is 22.7 Å². The van der Waals surface area contributed by atoms with E-state index in [9.17, 15) is 17.6 Å². The molecule has 10 heteroatoms. The summed E-state index contributed by atoms with van der Waals surface area (Å²) in [5.74, 6) is 4.31. The molecule has 5 N–H and O–H groups in total. The highest BCUT2D eigenvalue weighted by molar-refractivity contribution is 5.82. The van der Waals surface area contributed by atoms with Gasteiger partial charge >= 0.3 is 12.5 Å². The van der Waals surface area contributed by atoms with Gasteiger partial charge in [0.1, 0.15) is 5.75 Å². The van der Waals surface area contributed by atoms with Crippen LogP contribution in [0.1, 0.15) is 5.56 Å². The van der Waals surface area contributed by atoms with Crippen molar-refractivity contribution in [2.45, 2.75) is 12.5 Å². The molecule has 1 rings (SSSR count). The average molecular weight is 293 g/mol. The zero-order valence-electron chi connectivity index (χ0n) is 9.93. The van der Waals surface area contributed by atoms with Crippen molar-refractivity contribution in [3.05, 3.63) is 29.8 Å². The van der Waals surface area contributed by atoms with E-state index < -0.39 is 18.3 Å². The molecule has 0 fully saturated rings. The van der Waals surface area contributed by atoms with E-state index in [4.69, 9.17) is 11.6 Å². The molecule has 0 aliphatic rings. The van der Waals surface area contributed by atoms with Gasteiger partial charge in [0.2, 0.25) is 5.96 Å². The maximum absolute atomic E-state index is 12.6. The van der Waals surface area contributed by atoms with Crippen molar-refractivity contribution in [3.8, 4) is 5.75 Å². The third-order valence-electron chi connectivity index (χ3n) is 1.92. The number of alkyl halides is 4. The van der Waals surface area contributed by atoms with Crippen molar-refractivity contribution in [1.29, 1.82) is 0 Å². The predicted octanol–water partition coefficient (Wildman–Crippen LogP) is 1.04. The first-order valence-corrected chi connectivity index (χ1v) is 5.12. The molecule has 0 saturated carbocycles. The van der Waals surface area contributed by atoms with Crippen molar-refractivity contribution in [2.24, 2.45) is 21.8 Å². The van der Waals surface area contributed by atoms with E-state index in [0.29, 0.717) is 5.56 Å². The molecule has 0 radical (unpaired) electrons. The SMILES string of the molecule is NN=C(N)NN=Cc1ccc(OC(F)(F)C(F)F)cc1. The lowest BCUT2D eigenvalue weighted by Crippen LogP contribution is -2.33. The molecule has 0 aliphatic carbocycles. The zero-order valence-corrected chi connectivity index (χ0v) is 9.93. The van der Waals surface area contributed by atoms with Gasteiger partial charge in [0.25, 0.3) is 0 Å². The first-order chi connectivity index (χ1) is 9.35. The van der Waals surface area contributed by atoms with Gasteiger partial charge in [0.15, 0.2) is 0 Å². The summed E-state index contributed by atoms with van der Waals surface area (Å²) in [5, 5.41) is 6.71. The lowest BCUT2D eigenvalue weighted by Gasteiger charge is -2.16. The van der Waals surface area contributed by atoms with E-state index in [2.05, 4.69) is 20.4 Å². The monoisotopic (exact) mass is 293 g/mol. The molecule has 6 nitrogen and oxygen atoms in total. The van der Waals surface area contributed by atoms with Gasteiger partial charge < -0.3 is 16.3 Å². The smallest absolute Gasteiger partial charge is 0.428 e. The third kappa shape index (κ3) is 4.63. The molecule has 0 spiro atoms. The van der Waals surface area contributed by atoms with Crippen LogP contribution in [-0.4, -0.2) is 24.7 Å². The summed E-state index contributed by atoms with van der Waals surface area (Å²) in [6, 6.07) is 4.85. The summed E-state index contributed by atoms with van der Waals surface area (Å²) in [6.07, 6.45) is -7.16. The summed E-state index contributed by atoms with van der Waals surface area (Å²) < 4.78 is 52.9. The van der Waals surface area contributed by atoms with Crippen molar-refractivity contribution in [2.75, 3.05) is 0 Å². The van der Waals surface area contributed by atoms with Crippen molar-refractivity contribution in [3.63, 3.8) is 0 Å². The minimum absolute atomic E-state index is 0.127. The molecule has 0 aromatic heterocycles. The van der Waals surface area contributed by atoms with Gasteiger partial charge in [0.05, 0.1) is 6.21 Å². The molecular formula is C10H11F4N5O. The number of guanidine groups is 1. The molecule has 0 atom stereocenters. The molecule has 1 aromatic rings. The standard InChI is InChI=1S/C10H11F4N5O/c11-8(12)10(13,14)20-7-3-1-6(2-4-7)5-17-19-9(15)18-16/h1-5,8H,16H2,(H3,15,18,19). The molecule has 0 bridgehead atoms. The van der Waals surface area contributed by atoms with E-state index in [1.165, 1.54) is 18.3 Å². The lowest BCUT2D eigenvalue weighted by atomic mass is 10.2. The van der Waals surface area contributed by atoms with Crippen LogP contribution < -0.4 is 21.7 Å². The van der Waals surface area contributed by atoms with Crippen LogP contribution in [0.3, 0.4) is 0 Å². The highest BCUT2D eigenvalue weighted by Crippen LogP contribution is 2.27. The molecule has 0 heterocycles. The number of rotatable bonds is 5. The Kier molecular flexibility index (Phi) is 5.12. The van der Waals surface area contributed by atoms with Crippen LogP contribution in [0.15, 0.2) is 34.5 Å². The fourth-order valence-corrected chi connectivity index (χ4v) is 1.03. The largest absolute Gasteiger partial charge is 0.461 e. The zero-order chi connectivity index (χ0) is 15.2. The molecule has 0 saturated heterocycles. The topological polar surface area (TPSA) is 98.0 Å². The number of hydrazone groups is 2. The normalized spacial score (nSPS) is 12.9. The van der Waals surface area contributed by atoms with Gasteiger partial charge in [-0.15, -0.1) is 5.10 Å². The lowest BCUT2D eigenvalue weighted by molar-refractivity contribution is -0.253. The maximum Gasteiger partial charge on any atom is 0.461 e. The highest BCUT2D eigenvalue weighted by Gasteiger charge is 2.43. The van der Waals surface area contributed by atoms with E-state index in [1.807, 2.05) is 0 Å². The molecule has 0 unspecified atom stereocenters. The van der Waals surface area contributed by atoms with Crippen LogP contribution in [0.4, 0.5) is 17.6 Å². The average Bonchev–Trinajstić information content (AvgIpc) is 2.40. The van der Waals surface area contributed by atoms with Crippen LogP contribution >= 0.6 is 0 Å². The Morgan fingerprint density at radius 2 is 1.90 bits per heavy atom. The van der Waals surface area contributed by atoms with Gasteiger partial charge in [-0.25, -0.2) is 5.43 Å². The number of nitrogens with zero attached hydrogens (tertiary/aromatic N) is 2. The van der Waals surface area contributed by atoms with Crippen LogP contribution in [0.2, 0.25) is 0 Å². The number of nitrogens with one attached hydrogen (secondary N) is 1. The minimum atomic E-state index is -4.54. The predicted molar refractivity (Wildman–Crippen MR) is 64.6 cm³/mol. The summed E-state index contributed by atoms with van der Waals surface area (Å²) >= 11 is 0. The second kappa shape index (κ2) is 6.59. The Morgan fingerprint density at radius 1 is 1.30 bits per heavy atom. The van der Waals surface area contributed by atoms with Crippen LogP contribution in [0.5, 0.6) is 5.75 Å². The van der Waals surface area contributed by atoms with Crippen LogP contribution in [0.25, 0.3) is 0 Å². The van der Waals surface area contributed by atoms with Crippen molar-refractivity contribution in [1.82, 2.24) is 5.43 Å². The first kappa shape index (κ1) is 15.5. The summed E-state index contributed by atoms with van der Waals surface area (Å²) in [5.41, 5.74) is 7.94. The maximum atomic E-state index is 12.6. The number of halogens is 4. The van der Waals surface area contributed by atoms with E-state index in [0.717, 1.165) is 12.1 Å². The number of hydrogen-bond donors (Lipinski definition) is 3. The fourth-order valence-electron chi connectivity index (χ4n) is 1.03. The van der Waals surface area contributed by atoms with Crippen LogP contribution in [0, 0.1) is 0 Å². The van der Waals surface area contributed by atoms with Gasteiger partial charge in [-0.05, 0) is 29.8 Å². The second-order valence-corrected chi connectivity index (χ2v) is 3.42. The number of benzene rings is 1. The quantitative estimate of drug-likeness (QED) is 0.248. The third-order valence-corrected chi connectivity index (χ3v) is 1.92. The van der Waals surface area contributed by atoms with E-state index in [1.54, 1.807) is 0 Å². The minimum Gasteiger partial charge on any atom is -0.428 e. The molecular weight excluding hydrogens is 282 g/mol. The van der Waals surface area contributed by atoms with Crippen LogP contribution in [-0.2, 0) is 0 Å². The van der Waals surface area contributed by atoms with Gasteiger partial charge in [0, 0.05) is 0 Å². The van der Waals surface area contributed by atoms with E-state index in [-0.39, 0.29) is 5.96 Å². The second-order valence-electron chi connectivity index (χ2n) is 3.42. The Balaban J connectivity index is 2.65. The summed E-state index contributed by atoms with van der Waals surface area (Å²) in [7, 11) is 0. The first-order valence-electron chi connectivity index (χ1n) is 5.12. The fraction of sp³-hybridized carbons (Fsp3) is 0.200. The van der Waals surface area contributed by atoms with Gasteiger partial charge in [-0.3, -0.25) is 0 Å². The Bertz CT molecular complexity index is 489. The Hall–Kier alpha value is -2.52. The Labute approximate surface area is 111 Å². The molecule has 0 aliphatic heterocycles. The Morgan fingerprint density at radius 3 is 2.40 bits per heavy atom. The summed E-state index contributed by atoms with van der Waals surface area (Å²) in [4.78, 5) is 0. The highest BCUT2D eigenvalue weighted by atomic mass is 19.3. The van der Waals surface area contributed by atoms with Crippen molar-refractivity contribution < 1.29 is 22.3 Å².